The van der Waals surface area contributed by atoms with Crippen LogP contribution in [0, 0.1) is 0 Å². The first-order valence-corrected chi connectivity index (χ1v) is 19.0. The van der Waals surface area contributed by atoms with E-state index in [2.05, 4.69) is 37.8 Å². The number of fused-ring (bicyclic) bond motifs is 2. The Bertz CT molecular complexity index is 2280. The minimum Gasteiger partial charge on any atom is -0.359 e. The summed E-state index contributed by atoms with van der Waals surface area (Å²) < 4.78 is 0. The molecule has 12 nitrogen and oxygen atoms in total. The van der Waals surface area contributed by atoms with E-state index in [1.807, 2.05) is 90.4 Å². The Balaban J connectivity index is 0.000000284. The SMILES string of the molecule is C=C(/C=C/c1cccc(C(C(=O)Nc2cccc3cccnc23)C(=O)Nc2cccc3cccnc23)c1)NO.CNC(=O)CCCCCCC(=O)Nc1ccccc1. The molecule has 0 radical (unpaired) electrons. The zero-order chi connectivity index (χ0) is 41.1. The number of rotatable bonds is 16. The lowest BCUT2D eigenvalue weighted by atomic mass is 9.94. The van der Waals surface area contributed by atoms with Crippen LogP contribution in [0.15, 0.2) is 146 Å². The number of carbonyl (C=O) groups is 4. The second-order valence-electron chi connectivity index (χ2n) is 13.3. The van der Waals surface area contributed by atoms with Crippen molar-refractivity contribution in [2.24, 2.45) is 0 Å². The number of allylic oxidation sites excluding steroid dienone is 1. The Labute approximate surface area is 337 Å². The molecule has 2 aromatic heterocycles. The number of nitrogens with one attached hydrogen (secondary N) is 5. The van der Waals surface area contributed by atoms with Gasteiger partial charge in [0.05, 0.1) is 28.1 Å². The predicted octanol–water partition coefficient (Wildman–Crippen LogP) is 8.36. The van der Waals surface area contributed by atoms with Crippen LogP contribution in [0.2, 0.25) is 0 Å². The first-order chi connectivity index (χ1) is 28.2. The number of nitrogens with zero attached hydrogens (tertiary/aromatic N) is 2. The van der Waals surface area contributed by atoms with Crippen LogP contribution in [-0.4, -0.2) is 45.9 Å². The molecule has 6 aromatic rings. The third-order valence-corrected chi connectivity index (χ3v) is 9.06. The first-order valence-electron chi connectivity index (χ1n) is 19.0. The molecule has 0 saturated heterocycles. The van der Waals surface area contributed by atoms with Crippen molar-refractivity contribution in [3.8, 4) is 0 Å². The van der Waals surface area contributed by atoms with Crippen molar-refractivity contribution >= 4 is 68.6 Å². The highest BCUT2D eigenvalue weighted by Crippen LogP contribution is 2.28. The second kappa shape index (κ2) is 21.8. The highest BCUT2D eigenvalue weighted by molar-refractivity contribution is 6.17. The standard InChI is InChI=1S/C31H25N5O3.C15H22N2O2/c1-20(36-39)15-16-21-7-2-10-24(19-21)27(30(37)34-25-13-3-8-22-11-5-17-32-28(22)25)31(38)35-26-14-4-9-23-12-6-18-33-29(23)26;1-16-14(18)11-7-2-3-8-12-15(19)17-13-9-5-4-6-10-13/h2-19,27,36,39H,1H2,(H,34,37)(H,35,38);4-6,9-10H,2-3,7-8,11-12H2,1H3,(H,16,18)(H,17,19)/b16-15+;. The molecule has 0 aliphatic heterocycles. The van der Waals surface area contributed by atoms with Crippen LogP contribution in [0.1, 0.15) is 55.6 Å². The topological polar surface area (TPSA) is 174 Å². The number of unbranched alkanes of at least 4 members (excludes halogenated alkanes) is 3. The van der Waals surface area contributed by atoms with Crippen LogP contribution in [0.5, 0.6) is 0 Å². The van der Waals surface area contributed by atoms with E-state index in [4.69, 9.17) is 5.21 Å². The Morgan fingerprint density at radius 1 is 0.655 bits per heavy atom. The lowest BCUT2D eigenvalue weighted by Gasteiger charge is -2.19. The predicted molar refractivity (Wildman–Crippen MR) is 230 cm³/mol. The first kappa shape index (κ1) is 42.0. The average molecular weight is 778 g/mol. The maximum atomic E-state index is 13.8. The quantitative estimate of drug-likeness (QED) is 0.0246. The summed E-state index contributed by atoms with van der Waals surface area (Å²) in [5.74, 6) is -2.09. The molecule has 4 aromatic carbocycles. The number of hydrogen-bond acceptors (Lipinski definition) is 8. The van der Waals surface area contributed by atoms with Crippen molar-refractivity contribution < 1.29 is 24.4 Å². The number of hydroxylamine groups is 1. The van der Waals surface area contributed by atoms with Crippen molar-refractivity contribution in [2.45, 2.75) is 44.4 Å². The van der Waals surface area contributed by atoms with Crippen molar-refractivity contribution in [2.75, 3.05) is 23.0 Å². The molecule has 0 unspecified atom stereocenters. The molecule has 6 N–H and O–H groups in total. The summed E-state index contributed by atoms with van der Waals surface area (Å²) in [6, 6.07) is 34.9. The summed E-state index contributed by atoms with van der Waals surface area (Å²) in [6.45, 7) is 3.66. The molecular formula is C46H47N7O5. The monoisotopic (exact) mass is 777 g/mol. The van der Waals surface area contributed by atoms with E-state index in [1.54, 1.807) is 61.9 Å². The minimum atomic E-state index is -1.20. The smallest absolute Gasteiger partial charge is 0.241 e. The zero-order valence-corrected chi connectivity index (χ0v) is 32.3. The van der Waals surface area contributed by atoms with Crippen LogP contribution in [0.25, 0.3) is 27.9 Å². The van der Waals surface area contributed by atoms with E-state index in [9.17, 15) is 19.2 Å². The number of pyridine rings is 2. The van der Waals surface area contributed by atoms with E-state index >= 15 is 0 Å². The molecule has 2 heterocycles. The molecule has 0 spiro atoms. The number of para-hydroxylation sites is 3. The molecule has 296 valence electrons. The molecule has 58 heavy (non-hydrogen) atoms. The lowest BCUT2D eigenvalue weighted by Crippen LogP contribution is -2.32. The van der Waals surface area contributed by atoms with Crippen molar-refractivity contribution in [3.05, 3.63) is 157 Å². The Kier molecular flexibility index (Phi) is 15.8. The van der Waals surface area contributed by atoms with Gasteiger partial charge >= 0.3 is 0 Å². The van der Waals surface area contributed by atoms with E-state index < -0.39 is 17.7 Å². The van der Waals surface area contributed by atoms with Gasteiger partial charge in [0.15, 0.2) is 0 Å². The number of amides is 4. The third-order valence-electron chi connectivity index (χ3n) is 9.06. The molecule has 0 aliphatic carbocycles. The van der Waals surface area contributed by atoms with Gasteiger partial charge in [0.25, 0.3) is 0 Å². The van der Waals surface area contributed by atoms with E-state index in [1.165, 1.54) is 0 Å². The van der Waals surface area contributed by atoms with Gasteiger partial charge in [0.1, 0.15) is 5.92 Å². The highest BCUT2D eigenvalue weighted by Gasteiger charge is 2.30. The van der Waals surface area contributed by atoms with Gasteiger partial charge in [-0.2, -0.15) is 0 Å². The van der Waals surface area contributed by atoms with Crippen LogP contribution in [0.3, 0.4) is 0 Å². The number of carbonyl (C=O) groups excluding carboxylic acids is 4. The number of benzene rings is 4. The Morgan fingerprint density at radius 3 is 1.78 bits per heavy atom. The van der Waals surface area contributed by atoms with Gasteiger partial charge in [0.2, 0.25) is 23.6 Å². The van der Waals surface area contributed by atoms with Crippen LogP contribution < -0.4 is 26.7 Å². The average Bonchev–Trinajstić information content (AvgIpc) is 3.25. The summed E-state index contributed by atoms with van der Waals surface area (Å²) in [6.07, 6.45) is 11.4. The molecule has 6 rings (SSSR count). The maximum absolute atomic E-state index is 13.8. The summed E-state index contributed by atoms with van der Waals surface area (Å²) in [5, 5.41) is 22.0. The van der Waals surface area contributed by atoms with Gasteiger partial charge in [-0.05, 0) is 66.4 Å². The van der Waals surface area contributed by atoms with E-state index in [-0.39, 0.29) is 11.8 Å². The maximum Gasteiger partial charge on any atom is 0.241 e. The van der Waals surface area contributed by atoms with Gasteiger partial charge in [-0.3, -0.25) is 39.8 Å². The lowest BCUT2D eigenvalue weighted by molar-refractivity contribution is -0.126. The van der Waals surface area contributed by atoms with Crippen LogP contribution in [-0.2, 0) is 19.2 Å². The fraction of sp³-hybridized carbons (Fsp3) is 0.174. The summed E-state index contributed by atoms with van der Waals surface area (Å²) in [4.78, 5) is 59.0. The minimum absolute atomic E-state index is 0.0532. The molecule has 4 amide bonds. The van der Waals surface area contributed by atoms with Crippen molar-refractivity contribution in [1.82, 2.24) is 20.8 Å². The molecule has 0 bridgehead atoms. The molecular weight excluding hydrogens is 731 g/mol. The van der Waals surface area contributed by atoms with Gasteiger partial charge in [-0.15, -0.1) is 0 Å². The van der Waals surface area contributed by atoms with Crippen molar-refractivity contribution in [1.29, 1.82) is 0 Å². The molecule has 12 heteroatoms. The van der Waals surface area contributed by atoms with Gasteiger partial charge in [0, 0.05) is 48.7 Å². The largest absolute Gasteiger partial charge is 0.359 e. The Morgan fingerprint density at radius 2 is 1.21 bits per heavy atom. The number of anilines is 3. The summed E-state index contributed by atoms with van der Waals surface area (Å²) in [5.41, 5.74) is 6.55. The highest BCUT2D eigenvalue weighted by atomic mass is 16.5. The van der Waals surface area contributed by atoms with Crippen molar-refractivity contribution in [3.63, 3.8) is 0 Å². The number of aromatic nitrogens is 2. The molecule has 0 atom stereocenters. The fourth-order valence-electron chi connectivity index (χ4n) is 6.11. The van der Waals surface area contributed by atoms with E-state index in [0.717, 1.165) is 42.1 Å². The number of hydrogen-bond donors (Lipinski definition) is 6. The summed E-state index contributed by atoms with van der Waals surface area (Å²) >= 11 is 0. The third kappa shape index (κ3) is 12.4. The molecule has 0 saturated carbocycles. The fourth-order valence-corrected chi connectivity index (χ4v) is 6.11. The van der Waals surface area contributed by atoms with Gasteiger partial charge in [-0.25, -0.2) is 0 Å². The zero-order valence-electron chi connectivity index (χ0n) is 32.3. The van der Waals surface area contributed by atoms with E-state index in [0.29, 0.717) is 52.1 Å². The molecule has 0 aliphatic rings. The summed E-state index contributed by atoms with van der Waals surface area (Å²) in [7, 11) is 1.65. The Hall–Kier alpha value is -7.18. The molecule has 0 fully saturated rings. The van der Waals surface area contributed by atoms with Gasteiger partial charge in [-0.1, -0.05) is 104 Å². The van der Waals surface area contributed by atoms with Gasteiger partial charge < -0.3 is 21.3 Å². The second-order valence-corrected chi connectivity index (χ2v) is 13.3. The van der Waals surface area contributed by atoms with Crippen LogP contribution >= 0.6 is 0 Å². The van der Waals surface area contributed by atoms with Crippen LogP contribution in [0.4, 0.5) is 17.1 Å². The normalized spacial score (nSPS) is 10.7.